The number of aliphatic imine (C=N–C) groups is 1. The second kappa shape index (κ2) is 11.1. The maximum absolute atomic E-state index is 11.5. The van der Waals surface area contributed by atoms with Gasteiger partial charge in [-0.25, -0.2) is 9.98 Å². The molecule has 0 saturated heterocycles. The highest BCUT2D eigenvalue weighted by molar-refractivity contribution is 14.0. The van der Waals surface area contributed by atoms with Crippen LogP contribution in [0.3, 0.4) is 0 Å². The van der Waals surface area contributed by atoms with Crippen LogP contribution in [-0.4, -0.2) is 43.6 Å². The monoisotopic (exact) mass is 447 g/mol. The predicted molar refractivity (Wildman–Crippen MR) is 105 cm³/mol. The summed E-state index contributed by atoms with van der Waals surface area (Å²) >= 11 is 0. The number of halogens is 1. The van der Waals surface area contributed by atoms with Crippen molar-refractivity contribution in [2.75, 3.05) is 26.7 Å². The Balaban J connectivity index is 0.00000288. The SMILES string of the molecule is CCNC(=NCc1cccc(OC)n1)NCCNC(=O)C1CC1.I. The number of nitrogens with zero attached hydrogens (tertiary/aromatic N) is 2. The molecule has 1 aromatic rings. The molecule has 8 heteroatoms. The van der Waals surface area contributed by atoms with Gasteiger partial charge >= 0.3 is 0 Å². The van der Waals surface area contributed by atoms with Crippen LogP contribution in [0.25, 0.3) is 0 Å². The van der Waals surface area contributed by atoms with E-state index in [0.717, 1.165) is 25.1 Å². The second-order valence-corrected chi connectivity index (χ2v) is 5.36. The van der Waals surface area contributed by atoms with Gasteiger partial charge in [0, 0.05) is 31.6 Å². The molecule has 0 radical (unpaired) electrons. The van der Waals surface area contributed by atoms with Gasteiger partial charge in [-0.3, -0.25) is 4.79 Å². The first kappa shape index (κ1) is 20.5. The molecule has 0 aromatic carbocycles. The Morgan fingerprint density at radius 2 is 2.04 bits per heavy atom. The molecule has 7 nitrogen and oxygen atoms in total. The van der Waals surface area contributed by atoms with E-state index in [1.165, 1.54) is 0 Å². The van der Waals surface area contributed by atoms with E-state index in [9.17, 15) is 4.79 Å². The highest BCUT2D eigenvalue weighted by Crippen LogP contribution is 2.28. The molecular formula is C16H26IN5O2. The average molecular weight is 447 g/mol. The highest BCUT2D eigenvalue weighted by Gasteiger charge is 2.28. The Hall–Kier alpha value is -1.58. The minimum atomic E-state index is 0. The van der Waals surface area contributed by atoms with Crippen molar-refractivity contribution in [3.05, 3.63) is 23.9 Å². The molecule has 0 spiro atoms. The van der Waals surface area contributed by atoms with Gasteiger partial charge in [-0.05, 0) is 25.8 Å². The van der Waals surface area contributed by atoms with Crippen molar-refractivity contribution in [1.82, 2.24) is 20.9 Å². The third-order valence-electron chi connectivity index (χ3n) is 3.40. The van der Waals surface area contributed by atoms with Crippen molar-refractivity contribution in [2.45, 2.75) is 26.3 Å². The number of amides is 1. The lowest BCUT2D eigenvalue weighted by molar-refractivity contribution is -0.122. The fourth-order valence-electron chi connectivity index (χ4n) is 2.02. The number of pyridine rings is 1. The standard InChI is InChI=1S/C16H25N5O2.HI/c1-3-17-16(19-10-9-18-15(22)12-7-8-12)20-11-13-5-4-6-14(21-13)23-2;/h4-6,12H,3,7-11H2,1-2H3,(H,18,22)(H2,17,19,20);1H. The molecule has 1 heterocycles. The number of hydrogen-bond acceptors (Lipinski definition) is 4. The third-order valence-corrected chi connectivity index (χ3v) is 3.40. The first-order valence-corrected chi connectivity index (χ1v) is 8.02. The number of rotatable bonds is 8. The van der Waals surface area contributed by atoms with Crippen LogP contribution in [-0.2, 0) is 11.3 Å². The van der Waals surface area contributed by atoms with E-state index in [2.05, 4.69) is 25.9 Å². The van der Waals surface area contributed by atoms with E-state index in [-0.39, 0.29) is 35.8 Å². The van der Waals surface area contributed by atoms with Crippen LogP contribution in [0.1, 0.15) is 25.5 Å². The van der Waals surface area contributed by atoms with Crippen molar-refractivity contribution in [3.63, 3.8) is 0 Å². The van der Waals surface area contributed by atoms with Crippen molar-refractivity contribution < 1.29 is 9.53 Å². The summed E-state index contributed by atoms with van der Waals surface area (Å²) in [6.45, 7) is 4.47. The number of guanidine groups is 1. The third kappa shape index (κ3) is 7.33. The van der Waals surface area contributed by atoms with E-state index in [4.69, 9.17) is 4.74 Å². The molecule has 1 saturated carbocycles. The Bertz CT molecular complexity index is 549. The normalized spacial score (nSPS) is 13.7. The van der Waals surface area contributed by atoms with Crippen LogP contribution in [0.2, 0.25) is 0 Å². The summed E-state index contributed by atoms with van der Waals surface area (Å²) in [5.74, 6) is 1.70. The summed E-state index contributed by atoms with van der Waals surface area (Å²) in [5.41, 5.74) is 0.837. The molecular weight excluding hydrogens is 421 g/mol. The number of carbonyl (C=O) groups is 1. The van der Waals surface area contributed by atoms with E-state index in [1.807, 2.05) is 19.1 Å². The van der Waals surface area contributed by atoms with Gasteiger partial charge in [-0.15, -0.1) is 24.0 Å². The van der Waals surface area contributed by atoms with Crippen LogP contribution < -0.4 is 20.7 Å². The zero-order chi connectivity index (χ0) is 16.5. The van der Waals surface area contributed by atoms with Gasteiger partial charge in [0.2, 0.25) is 11.8 Å². The molecule has 0 atom stereocenters. The van der Waals surface area contributed by atoms with Gasteiger partial charge in [0.25, 0.3) is 0 Å². The summed E-state index contributed by atoms with van der Waals surface area (Å²) in [4.78, 5) is 20.4. The van der Waals surface area contributed by atoms with Crippen molar-refractivity contribution in [1.29, 1.82) is 0 Å². The maximum atomic E-state index is 11.5. The Labute approximate surface area is 160 Å². The Morgan fingerprint density at radius 1 is 1.29 bits per heavy atom. The summed E-state index contributed by atoms with van der Waals surface area (Å²) in [7, 11) is 1.59. The summed E-state index contributed by atoms with van der Waals surface area (Å²) in [6.07, 6.45) is 2.05. The number of ether oxygens (including phenoxy) is 1. The quantitative estimate of drug-likeness (QED) is 0.242. The Kier molecular flexibility index (Phi) is 9.43. The predicted octanol–water partition coefficient (Wildman–Crippen LogP) is 1.29. The smallest absolute Gasteiger partial charge is 0.223 e. The number of nitrogens with one attached hydrogen (secondary N) is 3. The average Bonchev–Trinajstić information content (AvgIpc) is 3.41. The zero-order valence-corrected chi connectivity index (χ0v) is 16.5. The lowest BCUT2D eigenvalue weighted by Gasteiger charge is -2.11. The fraction of sp³-hybridized carbons (Fsp3) is 0.562. The number of hydrogen-bond donors (Lipinski definition) is 3. The largest absolute Gasteiger partial charge is 0.481 e. The number of carbonyl (C=O) groups excluding carboxylic acids is 1. The van der Waals surface area contributed by atoms with Crippen LogP contribution in [0.4, 0.5) is 0 Å². The highest BCUT2D eigenvalue weighted by atomic mass is 127. The van der Waals surface area contributed by atoms with Gasteiger partial charge in [0.05, 0.1) is 19.3 Å². The molecule has 134 valence electrons. The second-order valence-electron chi connectivity index (χ2n) is 5.36. The molecule has 1 amide bonds. The summed E-state index contributed by atoms with van der Waals surface area (Å²) < 4.78 is 5.10. The summed E-state index contributed by atoms with van der Waals surface area (Å²) in [5, 5.41) is 9.29. The molecule has 1 fully saturated rings. The first-order chi connectivity index (χ1) is 11.2. The maximum Gasteiger partial charge on any atom is 0.223 e. The van der Waals surface area contributed by atoms with E-state index in [1.54, 1.807) is 13.2 Å². The van der Waals surface area contributed by atoms with Gasteiger partial charge in [0.15, 0.2) is 5.96 Å². The minimum absolute atomic E-state index is 0. The van der Waals surface area contributed by atoms with Crippen LogP contribution in [0.15, 0.2) is 23.2 Å². The molecule has 0 bridgehead atoms. The van der Waals surface area contributed by atoms with Crippen molar-refractivity contribution >= 4 is 35.8 Å². The summed E-state index contributed by atoms with van der Waals surface area (Å²) in [6, 6.07) is 5.61. The lowest BCUT2D eigenvalue weighted by atomic mass is 10.3. The van der Waals surface area contributed by atoms with Crippen molar-refractivity contribution in [2.24, 2.45) is 10.9 Å². The van der Waals surface area contributed by atoms with E-state index < -0.39 is 0 Å². The molecule has 0 unspecified atom stereocenters. The number of aromatic nitrogens is 1. The molecule has 3 N–H and O–H groups in total. The molecule has 1 aliphatic carbocycles. The van der Waals surface area contributed by atoms with E-state index >= 15 is 0 Å². The van der Waals surface area contributed by atoms with Gasteiger partial charge in [0.1, 0.15) is 0 Å². The Morgan fingerprint density at radius 3 is 2.71 bits per heavy atom. The molecule has 0 aliphatic heterocycles. The van der Waals surface area contributed by atoms with Crippen LogP contribution in [0, 0.1) is 5.92 Å². The molecule has 2 rings (SSSR count). The topological polar surface area (TPSA) is 87.6 Å². The minimum Gasteiger partial charge on any atom is -0.481 e. The first-order valence-electron chi connectivity index (χ1n) is 8.02. The van der Waals surface area contributed by atoms with Gasteiger partial charge in [-0.1, -0.05) is 6.07 Å². The van der Waals surface area contributed by atoms with Crippen LogP contribution >= 0.6 is 24.0 Å². The lowest BCUT2D eigenvalue weighted by Crippen LogP contribution is -2.41. The zero-order valence-electron chi connectivity index (χ0n) is 14.2. The van der Waals surface area contributed by atoms with E-state index in [0.29, 0.717) is 31.5 Å². The van der Waals surface area contributed by atoms with Gasteiger partial charge < -0.3 is 20.7 Å². The molecule has 24 heavy (non-hydrogen) atoms. The fourth-order valence-corrected chi connectivity index (χ4v) is 2.02. The van der Waals surface area contributed by atoms with Crippen molar-refractivity contribution in [3.8, 4) is 5.88 Å². The van der Waals surface area contributed by atoms with Crippen LogP contribution in [0.5, 0.6) is 5.88 Å². The molecule has 1 aliphatic rings. The molecule has 1 aromatic heterocycles. The number of methoxy groups -OCH3 is 1. The van der Waals surface area contributed by atoms with Gasteiger partial charge in [-0.2, -0.15) is 0 Å².